The average Bonchev–Trinajstić information content (AvgIpc) is 2.67. The van der Waals surface area contributed by atoms with Gasteiger partial charge in [-0.05, 0) is 59.8 Å². The van der Waals surface area contributed by atoms with Gasteiger partial charge in [0.05, 0.1) is 6.10 Å². The molecule has 0 spiro atoms. The Labute approximate surface area is 98.9 Å². The van der Waals surface area contributed by atoms with Gasteiger partial charge in [0.25, 0.3) is 0 Å². The third-order valence-corrected chi connectivity index (χ3v) is 5.91. The largest absolute Gasteiger partial charge is 0.389 e. The van der Waals surface area contributed by atoms with E-state index in [1.807, 2.05) is 0 Å². The summed E-state index contributed by atoms with van der Waals surface area (Å²) in [5.41, 5.74) is 2.12. The lowest BCUT2D eigenvalue weighted by Gasteiger charge is -2.36. The van der Waals surface area contributed by atoms with E-state index in [-0.39, 0.29) is 6.10 Å². The van der Waals surface area contributed by atoms with Gasteiger partial charge in [-0.3, -0.25) is 0 Å². The molecule has 90 valence electrons. The van der Waals surface area contributed by atoms with Gasteiger partial charge >= 0.3 is 0 Å². The summed E-state index contributed by atoms with van der Waals surface area (Å²) in [6.45, 7) is 11.5. The van der Waals surface area contributed by atoms with Crippen molar-refractivity contribution in [2.24, 2.45) is 28.6 Å². The van der Waals surface area contributed by atoms with Crippen LogP contribution >= 0.6 is 0 Å². The van der Waals surface area contributed by atoms with Crippen molar-refractivity contribution in [3.8, 4) is 0 Å². The Bertz CT molecular complexity index is 343. The molecule has 1 N–H and O–H groups in total. The van der Waals surface area contributed by atoms with Crippen LogP contribution in [-0.4, -0.2) is 11.2 Å². The van der Waals surface area contributed by atoms with Crippen molar-refractivity contribution in [2.75, 3.05) is 0 Å². The van der Waals surface area contributed by atoms with E-state index in [9.17, 15) is 5.11 Å². The monoisotopic (exact) mass is 220 g/mol. The summed E-state index contributed by atoms with van der Waals surface area (Å²) < 4.78 is 0. The molecular weight excluding hydrogens is 196 g/mol. The maximum absolute atomic E-state index is 9.98. The Kier molecular flexibility index (Phi) is 1.98. The van der Waals surface area contributed by atoms with Gasteiger partial charge in [-0.15, -0.1) is 0 Å². The average molecular weight is 220 g/mol. The number of hydrogen-bond acceptors (Lipinski definition) is 1. The third-order valence-electron chi connectivity index (χ3n) is 5.91. The fourth-order valence-corrected chi connectivity index (χ4v) is 5.42. The van der Waals surface area contributed by atoms with Crippen LogP contribution in [0.15, 0.2) is 12.2 Å². The summed E-state index contributed by atoms with van der Waals surface area (Å²) in [4.78, 5) is 0. The van der Waals surface area contributed by atoms with Crippen LogP contribution in [-0.2, 0) is 0 Å². The molecule has 1 unspecified atom stereocenters. The second kappa shape index (κ2) is 2.93. The Balaban J connectivity index is 2.01. The highest BCUT2D eigenvalue weighted by molar-refractivity contribution is 5.25. The molecule has 0 heterocycles. The van der Waals surface area contributed by atoms with Gasteiger partial charge in [0.15, 0.2) is 0 Å². The zero-order chi connectivity index (χ0) is 11.7. The maximum Gasteiger partial charge on any atom is 0.0753 e. The molecule has 3 aliphatic carbocycles. The van der Waals surface area contributed by atoms with Crippen LogP contribution in [0.3, 0.4) is 0 Å². The number of rotatable bonds is 0. The predicted molar refractivity (Wildman–Crippen MR) is 66.0 cm³/mol. The SMILES string of the molecule is C=C1[C@@H](O)CC2C[C@]3(C)CCC(C)(C)[C@@H]3[C@@H]12. The highest BCUT2D eigenvalue weighted by Gasteiger charge is 2.62. The van der Waals surface area contributed by atoms with Crippen LogP contribution in [0, 0.1) is 28.6 Å². The summed E-state index contributed by atoms with van der Waals surface area (Å²) in [6, 6.07) is 0. The van der Waals surface area contributed by atoms with E-state index in [0.717, 1.165) is 23.8 Å². The quantitative estimate of drug-likeness (QED) is 0.620. The predicted octanol–water partition coefficient (Wildman–Crippen LogP) is 3.39. The highest BCUT2D eigenvalue weighted by atomic mass is 16.3. The second-order valence-corrected chi connectivity index (χ2v) is 7.44. The lowest BCUT2D eigenvalue weighted by molar-refractivity contribution is 0.136. The molecule has 0 aromatic rings. The van der Waals surface area contributed by atoms with E-state index in [4.69, 9.17) is 0 Å². The van der Waals surface area contributed by atoms with Gasteiger partial charge in [-0.25, -0.2) is 0 Å². The topological polar surface area (TPSA) is 20.2 Å². The summed E-state index contributed by atoms with van der Waals surface area (Å²) in [7, 11) is 0. The van der Waals surface area contributed by atoms with Crippen LogP contribution < -0.4 is 0 Å². The van der Waals surface area contributed by atoms with Gasteiger partial charge in [0.2, 0.25) is 0 Å². The van der Waals surface area contributed by atoms with Gasteiger partial charge in [0.1, 0.15) is 0 Å². The molecule has 3 rings (SSSR count). The van der Waals surface area contributed by atoms with Crippen molar-refractivity contribution in [1.29, 1.82) is 0 Å². The van der Waals surface area contributed by atoms with Crippen molar-refractivity contribution >= 4 is 0 Å². The van der Waals surface area contributed by atoms with Crippen molar-refractivity contribution in [3.05, 3.63) is 12.2 Å². The van der Waals surface area contributed by atoms with Crippen LogP contribution in [0.5, 0.6) is 0 Å². The fourth-order valence-electron chi connectivity index (χ4n) is 5.42. The third kappa shape index (κ3) is 1.16. The molecule has 0 aliphatic heterocycles. The van der Waals surface area contributed by atoms with Crippen LogP contribution in [0.4, 0.5) is 0 Å². The lowest BCUT2D eigenvalue weighted by Crippen LogP contribution is -2.31. The molecule has 0 radical (unpaired) electrons. The summed E-state index contributed by atoms with van der Waals surface area (Å²) >= 11 is 0. The van der Waals surface area contributed by atoms with Crippen LogP contribution in [0.2, 0.25) is 0 Å². The van der Waals surface area contributed by atoms with Crippen molar-refractivity contribution in [3.63, 3.8) is 0 Å². The van der Waals surface area contributed by atoms with Gasteiger partial charge in [0, 0.05) is 0 Å². The first-order valence-corrected chi connectivity index (χ1v) is 6.72. The van der Waals surface area contributed by atoms with E-state index in [2.05, 4.69) is 27.4 Å². The standard InChI is InChI=1S/C15H24O/c1-9-11(16)7-10-8-15(4)6-5-14(2,3)13(15)12(9)10/h10-13,16H,1,5-8H2,2-4H3/t10?,11-,12-,13-,15-/m0/s1. The summed E-state index contributed by atoms with van der Waals surface area (Å²) in [5, 5.41) is 9.98. The van der Waals surface area contributed by atoms with Crippen LogP contribution in [0.1, 0.15) is 46.5 Å². The van der Waals surface area contributed by atoms with Gasteiger partial charge in [-0.2, -0.15) is 0 Å². The van der Waals surface area contributed by atoms with E-state index >= 15 is 0 Å². The molecule has 0 aromatic carbocycles. The van der Waals surface area contributed by atoms with E-state index in [0.29, 0.717) is 16.7 Å². The molecule has 0 bridgehead atoms. The Hall–Kier alpha value is -0.300. The second-order valence-electron chi connectivity index (χ2n) is 7.44. The normalized spacial score (nSPS) is 54.1. The van der Waals surface area contributed by atoms with Crippen molar-refractivity contribution < 1.29 is 5.11 Å². The molecule has 16 heavy (non-hydrogen) atoms. The Morgan fingerprint density at radius 1 is 1.25 bits per heavy atom. The molecule has 5 atom stereocenters. The first kappa shape index (κ1) is 10.8. The molecular formula is C15H24O. The minimum Gasteiger partial charge on any atom is -0.389 e. The number of aliphatic hydroxyl groups excluding tert-OH is 1. The van der Waals surface area contributed by atoms with Crippen molar-refractivity contribution in [1.82, 2.24) is 0 Å². The maximum atomic E-state index is 9.98. The smallest absolute Gasteiger partial charge is 0.0753 e. The molecule has 3 saturated carbocycles. The summed E-state index contributed by atoms with van der Waals surface area (Å²) in [5.74, 6) is 2.09. The first-order chi connectivity index (χ1) is 7.35. The number of hydrogen-bond donors (Lipinski definition) is 1. The molecule has 0 amide bonds. The summed E-state index contributed by atoms with van der Waals surface area (Å²) in [6.07, 6.45) is 4.81. The molecule has 1 nitrogen and oxygen atoms in total. The molecule has 0 saturated heterocycles. The highest BCUT2D eigenvalue weighted by Crippen LogP contribution is 2.69. The number of fused-ring (bicyclic) bond motifs is 3. The van der Waals surface area contributed by atoms with E-state index < -0.39 is 0 Å². The fraction of sp³-hybridized carbons (Fsp3) is 0.867. The Morgan fingerprint density at radius 2 is 1.94 bits per heavy atom. The lowest BCUT2D eigenvalue weighted by atomic mass is 9.68. The molecule has 1 heteroatoms. The van der Waals surface area contributed by atoms with Gasteiger partial charge in [-0.1, -0.05) is 27.4 Å². The minimum absolute atomic E-state index is 0.212. The Morgan fingerprint density at radius 3 is 2.62 bits per heavy atom. The zero-order valence-corrected chi connectivity index (χ0v) is 10.8. The van der Waals surface area contributed by atoms with Crippen molar-refractivity contribution in [2.45, 2.75) is 52.6 Å². The van der Waals surface area contributed by atoms with Gasteiger partial charge < -0.3 is 5.11 Å². The minimum atomic E-state index is -0.212. The van der Waals surface area contributed by atoms with Crippen LogP contribution in [0.25, 0.3) is 0 Å². The zero-order valence-electron chi connectivity index (χ0n) is 10.8. The van der Waals surface area contributed by atoms with E-state index in [1.165, 1.54) is 19.3 Å². The van der Waals surface area contributed by atoms with E-state index in [1.54, 1.807) is 0 Å². The molecule has 0 aromatic heterocycles. The first-order valence-electron chi connectivity index (χ1n) is 6.72. The molecule has 3 aliphatic rings. The number of aliphatic hydroxyl groups is 1. The molecule has 3 fully saturated rings.